The van der Waals surface area contributed by atoms with Gasteiger partial charge in [-0.2, -0.15) is 0 Å². The second-order valence-electron chi connectivity index (χ2n) is 7.67. The van der Waals surface area contributed by atoms with Crippen LogP contribution in [0.4, 0.5) is 5.69 Å². The molecule has 30 heavy (non-hydrogen) atoms. The van der Waals surface area contributed by atoms with Gasteiger partial charge in [-0.3, -0.25) is 4.79 Å². The first-order chi connectivity index (χ1) is 14.5. The van der Waals surface area contributed by atoms with Gasteiger partial charge in [0.1, 0.15) is 0 Å². The van der Waals surface area contributed by atoms with Crippen molar-refractivity contribution in [3.8, 4) is 0 Å². The molecule has 4 rings (SSSR count). The Hall–Kier alpha value is -2.41. The van der Waals surface area contributed by atoms with E-state index in [0.717, 1.165) is 41.6 Å². The van der Waals surface area contributed by atoms with Crippen LogP contribution in [0.5, 0.6) is 0 Å². The molecule has 1 saturated heterocycles. The standard InChI is InChI=1S/C23H24ClN3O2S/c1-15-7-8-21-16(10-15)11-17(22(28)26-21)13-27(14-20-6-3-9-29-20)23(30)25-19-5-2-4-18(24)12-19/h2,4-5,7-8,10-12,20H,3,6,9,13-14H2,1H3,(H,25,30)(H,26,28)/t20-/m0/s1. The SMILES string of the molecule is Cc1ccc2[nH]c(=O)c(CN(C[C@@H]3CCCO3)C(=S)Nc3cccc(Cl)c3)cc2c1. The molecule has 3 aromatic rings. The van der Waals surface area contributed by atoms with Gasteiger partial charge in [-0.25, -0.2) is 0 Å². The molecule has 1 fully saturated rings. The van der Waals surface area contributed by atoms with Gasteiger partial charge in [0, 0.05) is 34.9 Å². The van der Waals surface area contributed by atoms with E-state index in [9.17, 15) is 4.79 Å². The van der Waals surface area contributed by atoms with Crippen LogP contribution in [0.1, 0.15) is 24.0 Å². The number of benzene rings is 2. The van der Waals surface area contributed by atoms with Crippen molar-refractivity contribution in [2.24, 2.45) is 0 Å². The molecule has 5 nitrogen and oxygen atoms in total. The molecule has 0 amide bonds. The van der Waals surface area contributed by atoms with E-state index in [1.165, 1.54) is 0 Å². The van der Waals surface area contributed by atoms with Crippen molar-refractivity contribution in [1.82, 2.24) is 9.88 Å². The quantitative estimate of drug-likeness (QED) is 0.553. The molecule has 0 unspecified atom stereocenters. The van der Waals surface area contributed by atoms with Gasteiger partial charge in [0.05, 0.1) is 12.6 Å². The van der Waals surface area contributed by atoms with Gasteiger partial charge in [-0.15, -0.1) is 0 Å². The highest BCUT2D eigenvalue weighted by atomic mass is 35.5. The lowest BCUT2D eigenvalue weighted by atomic mass is 10.1. The molecular formula is C23H24ClN3O2S. The van der Waals surface area contributed by atoms with Gasteiger partial charge in [0.2, 0.25) is 0 Å². The van der Waals surface area contributed by atoms with Crippen LogP contribution >= 0.6 is 23.8 Å². The first-order valence-electron chi connectivity index (χ1n) is 10.0. The van der Waals surface area contributed by atoms with E-state index in [1.807, 2.05) is 54.3 Å². The van der Waals surface area contributed by atoms with Crippen molar-refractivity contribution in [3.05, 3.63) is 75.0 Å². The Morgan fingerprint density at radius 2 is 2.17 bits per heavy atom. The van der Waals surface area contributed by atoms with Crippen LogP contribution in [0, 0.1) is 6.92 Å². The number of aromatic nitrogens is 1. The van der Waals surface area contributed by atoms with Crippen LogP contribution in [0.15, 0.2) is 53.3 Å². The maximum Gasteiger partial charge on any atom is 0.253 e. The van der Waals surface area contributed by atoms with Gasteiger partial charge in [-0.1, -0.05) is 29.3 Å². The van der Waals surface area contributed by atoms with Crippen molar-refractivity contribution < 1.29 is 4.74 Å². The number of pyridine rings is 1. The van der Waals surface area contributed by atoms with Crippen LogP contribution in [0.3, 0.4) is 0 Å². The Morgan fingerprint density at radius 1 is 1.30 bits per heavy atom. The lowest BCUT2D eigenvalue weighted by Gasteiger charge is -2.28. The van der Waals surface area contributed by atoms with Crippen molar-refractivity contribution in [2.45, 2.75) is 32.4 Å². The summed E-state index contributed by atoms with van der Waals surface area (Å²) in [5, 5.41) is 5.43. The largest absolute Gasteiger partial charge is 0.376 e. The number of thiocarbonyl (C=S) groups is 1. The number of nitrogens with one attached hydrogen (secondary N) is 2. The van der Waals surface area contributed by atoms with Gasteiger partial charge in [-0.05, 0) is 73.8 Å². The molecule has 7 heteroatoms. The number of H-pyrrole nitrogens is 1. The summed E-state index contributed by atoms with van der Waals surface area (Å²) in [4.78, 5) is 17.7. The van der Waals surface area contributed by atoms with E-state index >= 15 is 0 Å². The third kappa shape index (κ3) is 5.01. The zero-order valence-electron chi connectivity index (χ0n) is 16.8. The number of aromatic amines is 1. The predicted molar refractivity (Wildman–Crippen MR) is 126 cm³/mol. The Labute approximate surface area is 186 Å². The Bertz CT molecular complexity index is 1120. The van der Waals surface area contributed by atoms with Crippen LogP contribution in [0.2, 0.25) is 5.02 Å². The summed E-state index contributed by atoms with van der Waals surface area (Å²) in [7, 11) is 0. The summed E-state index contributed by atoms with van der Waals surface area (Å²) in [6.07, 6.45) is 2.14. The van der Waals surface area contributed by atoms with Gasteiger partial charge >= 0.3 is 0 Å². The van der Waals surface area contributed by atoms with Crippen LogP contribution in [-0.4, -0.2) is 34.3 Å². The number of hydrogen-bond donors (Lipinski definition) is 2. The molecule has 0 saturated carbocycles. The van der Waals surface area contributed by atoms with Crippen molar-refractivity contribution in [3.63, 3.8) is 0 Å². The van der Waals surface area contributed by atoms with E-state index in [2.05, 4.69) is 16.4 Å². The molecule has 156 valence electrons. The number of fused-ring (bicyclic) bond motifs is 1. The number of rotatable bonds is 5. The highest BCUT2D eigenvalue weighted by Gasteiger charge is 2.22. The summed E-state index contributed by atoms with van der Waals surface area (Å²) in [5.74, 6) is 0. The monoisotopic (exact) mass is 441 g/mol. The molecule has 0 radical (unpaired) electrons. The minimum Gasteiger partial charge on any atom is -0.376 e. The molecule has 1 aliphatic rings. The normalized spacial score (nSPS) is 16.0. The summed E-state index contributed by atoms with van der Waals surface area (Å²) < 4.78 is 5.82. The third-order valence-electron chi connectivity index (χ3n) is 5.25. The summed E-state index contributed by atoms with van der Waals surface area (Å²) in [6.45, 7) is 3.82. The minimum atomic E-state index is -0.103. The average molecular weight is 442 g/mol. The maximum atomic E-state index is 12.7. The molecule has 0 bridgehead atoms. The molecule has 0 aliphatic carbocycles. The Balaban J connectivity index is 1.60. The summed E-state index contributed by atoms with van der Waals surface area (Å²) >= 11 is 11.8. The number of nitrogens with zero attached hydrogens (tertiary/aromatic N) is 1. The van der Waals surface area contributed by atoms with Crippen LogP contribution in [0.25, 0.3) is 10.9 Å². The molecule has 2 N–H and O–H groups in total. The fourth-order valence-electron chi connectivity index (χ4n) is 3.72. The zero-order valence-corrected chi connectivity index (χ0v) is 18.4. The van der Waals surface area contributed by atoms with Crippen molar-refractivity contribution >= 4 is 45.5 Å². The number of hydrogen-bond acceptors (Lipinski definition) is 3. The second-order valence-corrected chi connectivity index (χ2v) is 8.49. The molecule has 2 heterocycles. The highest BCUT2D eigenvalue weighted by Crippen LogP contribution is 2.19. The third-order valence-corrected chi connectivity index (χ3v) is 5.84. The first-order valence-corrected chi connectivity index (χ1v) is 10.8. The van der Waals surface area contributed by atoms with Gasteiger partial charge < -0.3 is 19.9 Å². The zero-order chi connectivity index (χ0) is 21.1. The molecule has 0 spiro atoms. The lowest BCUT2D eigenvalue weighted by molar-refractivity contribution is 0.0904. The number of anilines is 1. The fraction of sp³-hybridized carbons (Fsp3) is 0.304. The van der Waals surface area contributed by atoms with Gasteiger partial charge in [0.15, 0.2) is 5.11 Å². The smallest absolute Gasteiger partial charge is 0.253 e. The van der Waals surface area contributed by atoms with Crippen LogP contribution < -0.4 is 10.9 Å². The van der Waals surface area contributed by atoms with E-state index in [0.29, 0.717) is 28.8 Å². The highest BCUT2D eigenvalue weighted by molar-refractivity contribution is 7.80. The lowest BCUT2D eigenvalue weighted by Crippen LogP contribution is -2.40. The predicted octanol–water partition coefficient (Wildman–Crippen LogP) is 4.87. The number of ether oxygens (including phenoxy) is 1. The van der Waals surface area contributed by atoms with Crippen molar-refractivity contribution in [2.75, 3.05) is 18.5 Å². The number of aryl methyl sites for hydroxylation is 1. The van der Waals surface area contributed by atoms with E-state index in [4.69, 9.17) is 28.6 Å². The topological polar surface area (TPSA) is 57.4 Å². The second kappa shape index (κ2) is 9.16. The Kier molecular flexibility index (Phi) is 6.37. The van der Waals surface area contributed by atoms with E-state index in [-0.39, 0.29) is 11.7 Å². The van der Waals surface area contributed by atoms with Crippen molar-refractivity contribution in [1.29, 1.82) is 0 Å². The summed E-state index contributed by atoms with van der Waals surface area (Å²) in [5.41, 5.74) is 3.36. The number of halogens is 1. The molecule has 1 aromatic heterocycles. The fourth-order valence-corrected chi connectivity index (χ4v) is 4.16. The summed E-state index contributed by atoms with van der Waals surface area (Å²) in [6, 6.07) is 15.4. The van der Waals surface area contributed by atoms with Gasteiger partial charge in [0.25, 0.3) is 5.56 Å². The first kappa shape index (κ1) is 20.8. The molecule has 1 atom stereocenters. The maximum absolute atomic E-state index is 12.7. The molecular weight excluding hydrogens is 418 g/mol. The van der Waals surface area contributed by atoms with E-state index in [1.54, 1.807) is 0 Å². The van der Waals surface area contributed by atoms with Crippen LogP contribution in [-0.2, 0) is 11.3 Å². The molecule has 2 aromatic carbocycles. The Morgan fingerprint density at radius 3 is 2.93 bits per heavy atom. The average Bonchev–Trinajstić information content (AvgIpc) is 3.21. The minimum absolute atomic E-state index is 0.103. The van der Waals surface area contributed by atoms with E-state index < -0.39 is 0 Å². The molecule has 1 aliphatic heterocycles.